The summed E-state index contributed by atoms with van der Waals surface area (Å²) in [5.41, 5.74) is 5.45. The zero-order valence-corrected chi connectivity index (χ0v) is 9.40. The van der Waals surface area contributed by atoms with Crippen molar-refractivity contribution in [2.45, 2.75) is 25.8 Å². The van der Waals surface area contributed by atoms with Gasteiger partial charge in [0.1, 0.15) is 0 Å². The first-order valence-electron chi connectivity index (χ1n) is 5.30. The van der Waals surface area contributed by atoms with Crippen LogP contribution in [0.15, 0.2) is 0 Å². The molecule has 0 aromatic carbocycles. The van der Waals surface area contributed by atoms with E-state index in [4.69, 9.17) is 5.73 Å². The fourth-order valence-corrected chi connectivity index (χ4v) is 1.69. The lowest BCUT2D eigenvalue weighted by atomic mass is 10.3. The molecule has 0 aromatic rings. The molecule has 0 bridgehead atoms. The highest BCUT2D eigenvalue weighted by Gasteiger charge is 2.22. The first kappa shape index (κ1) is 12.0. The van der Waals surface area contributed by atoms with Gasteiger partial charge in [0.2, 0.25) is 11.8 Å². The Hall–Kier alpha value is -1.10. The van der Waals surface area contributed by atoms with E-state index in [0.717, 1.165) is 25.9 Å². The van der Waals surface area contributed by atoms with Crippen molar-refractivity contribution in [3.63, 3.8) is 0 Å². The van der Waals surface area contributed by atoms with Crippen LogP contribution in [0, 0.1) is 0 Å². The van der Waals surface area contributed by atoms with Gasteiger partial charge in [0, 0.05) is 20.1 Å². The fourth-order valence-electron chi connectivity index (χ4n) is 1.69. The molecule has 0 aliphatic carbocycles. The molecule has 0 unspecified atom stereocenters. The van der Waals surface area contributed by atoms with Gasteiger partial charge in [-0.2, -0.15) is 0 Å². The third-order valence-corrected chi connectivity index (χ3v) is 2.60. The molecule has 0 aromatic heterocycles. The number of carbonyl (C=O) groups is 2. The Kier molecular flexibility index (Phi) is 4.08. The van der Waals surface area contributed by atoms with Crippen LogP contribution < -0.4 is 5.73 Å². The first-order chi connectivity index (χ1) is 7.02. The quantitative estimate of drug-likeness (QED) is 0.681. The maximum Gasteiger partial charge on any atom is 0.242 e. The van der Waals surface area contributed by atoms with E-state index in [-0.39, 0.29) is 18.4 Å². The SMILES string of the molecule is C[C@@H](N)C(=O)N(C)CC(=O)N1CCCC1. The molecule has 1 atom stereocenters. The largest absolute Gasteiger partial charge is 0.341 e. The highest BCUT2D eigenvalue weighted by atomic mass is 16.2. The summed E-state index contributed by atoms with van der Waals surface area (Å²) < 4.78 is 0. The van der Waals surface area contributed by atoms with Crippen LogP contribution in [-0.4, -0.2) is 54.3 Å². The molecule has 86 valence electrons. The smallest absolute Gasteiger partial charge is 0.242 e. The number of hydrogen-bond donors (Lipinski definition) is 1. The third kappa shape index (κ3) is 3.20. The number of likely N-dealkylation sites (tertiary alicyclic amines) is 1. The minimum atomic E-state index is -0.540. The fraction of sp³-hybridized carbons (Fsp3) is 0.800. The van der Waals surface area contributed by atoms with E-state index < -0.39 is 6.04 Å². The van der Waals surface area contributed by atoms with Gasteiger partial charge in [-0.05, 0) is 19.8 Å². The molecule has 5 nitrogen and oxygen atoms in total. The minimum Gasteiger partial charge on any atom is -0.341 e. The van der Waals surface area contributed by atoms with Gasteiger partial charge >= 0.3 is 0 Å². The van der Waals surface area contributed by atoms with E-state index in [1.807, 2.05) is 0 Å². The van der Waals surface area contributed by atoms with Gasteiger partial charge in [0.05, 0.1) is 12.6 Å². The van der Waals surface area contributed by atoms with Crippen LogP contribution >= 0.6 is 0 Å². The van der Waals surface area contributed by atoms with Crippen molar-refractivity contribution in [2.75, 3.05) is 26.7 Å². The van der Waals surface area contributed by atoms with Gasteiger partial charge in [-0.15, -0.1) is 0 Å². The average Bonchev–Trinajstić information content (AvgIpc) is 2.68. The van der Waals surface area contributed by atoms with Crippen LogP contribution in [0.4, 0.5) is 0 Å². The number of rotatable bonds is 3. The number of nitrogens with two attached hydrogens (primary N) is 1. The van der Waals surface area contributed by atoms with Crippen molar-refractivity contribution in [1.82, 2.24) is 9.80 Å². The van der Waals surface area contributed by atoms with Crippen molar-refractivity contribution in [2.24, 2.45) is 5.73 Å². The van der Waals surface area contributed by atoms with E-state index in [2.05, 4.69) is 0 Å². The van der Waals surface area contributed by atoms with Gasteiger partial charge in [0.25, 0.3) is 0 Å². The summed E-state index contributed by atoms with van der Waals surface area (Å²) in [4.78, 5) is 26.3. The normalized spacial score (nSPS) is 17.7. The molecular weight excluding hydrogens is 194 g/mol. The van der Waals surface area contributed by atoms with Crippen molar-refractivity contribution in [3.8, 4) is 0 Å². The minimum absolute atomic E-state index is 0.0176. The molecule has 1 aliphatic rings. The Morgan fingerprint density at radius 3 is 2.40 bits per heavy atom. The lowest BCUT2D eigenvalue weighted by Gasteiger charge is -2.22. The second-order valence-electron chi connectivity index (χ2n) is 4.07. The van der Waals surface area contributed by atoms with Crippen LogP contribution in [0.3, 0.4) is 0 Å². The van der Waals surface area contributed by atoms with E-state index in [9.17, 15) is 9.59 Å². The lowest BCUT2D eigenvalue weighted by molar-refractivity contribution is -0.139. The Morgan fingerprint density at radius 2 is 1.93 bits per heavy atom. The summed E-state index contributed by atoms with van der Waals surface area (Å²) in [7, 11) is 1.61. The molecule has 2 N–H and O–H groups in total. The zero-order valence-electron chi connectivity index (χ0n) is 9.40. The van der Waals surface area contributed by atoms with E-state index in [1.165, 1.54) is 4.90 Å². The predicted octanol–water partition coefficient (Wildman–Crippen LogP) is -0.586. The molecule has 2 amide bonds. The molecular formula is C10H19N3O2. The van der Waals surface area contributed by atoms with Crippen LogP contribution in [0.25, 0.3) is 0 Å². The number of likely N-dealkylation sites (N-methyl/N-ethyl adjacent to an activating group) is 1. The Bertz CT molecular complexity index is 247. The van der Waals surface area contributed by atoms with E-state index in [1.54, 1.807) is 18.9 Å². The lowest BCUT2D eigenvalue weighted by Crippen LogP contribution is -2.45. The maximum atomic E-state index is 11.7. The topological polar surface area (TPSA) is 66.6 Å². The molecule has 15 heavy (non-hydrogen) atoms. The summed E-state index contributed by atoms with van der Waals surface area (Å²) in [5.74, 6) is -0.174. The van der Waals surface area contributed by atoms with Crippen molar-refractivity contribution in [1.29, 1.82) is 0 Å². The monoisotopic (exact) mass is 213 g/mol. The van der Waals surface area contributed by atoms with Gasteiger partial charge in [0.15, 0.2) is 0 Å². The Labute approximate surface area is 90.2 Å². The molecule has 0 spiro atoms. The highest BCUT2D eigenvalue weighted by molar-refractivity contribution is 5.87. The second kappa shape index (κ2) is 5.11. The summed E-state index contributed by atoms with van der Waals surface area (Å²) >= 11 is 0. The van der Waals surface area contributed by atoms with Crippen molar-refractivity contribution in [3.05, 3.63) is 0 Å². The van der Waals surface area contributed by atoms with Crippen LogP contribution in [0.1, 0.15) is 19.8 Å². The number of nitrogens with zero attached hydrogens (tertiary/aromatic N) is 2. The number of carbonyl (C=O) groups excluding carboxylic acids is 2. The molecule has 0 radical (unpaired) electrons. The Balaban J connectivity index is 2.40. The molecule has 1 heterocycles. The van der Waals surface area contributed by atoms with E-state index in [0.29, 0.717) is 0 Å². The maximum absolute atomic E-state index is 11.7. The summed E-state index contributed by atoms with van der Waals surface area (Å²) in [5, 5.41) is 0. The molecule has 1 rings (SSSR count). The summed E-state index contributed by atoms with van der Waals surface area (Å²) in [6, 6.07) is -0.540. The molecule has 1 fully saturated rings. The van der Waals surface area contributed by atoms with Gasteiger partial charge in [-0.1, -0.05) is 0 Å². The van der Waals surface area contributed by atoms with Crippen LogP contribution in [0.5, 0.6) is 0 Å². The molecule has 1 aliphatic heterocycles. The second-order valence-corrected chi connectivity index (χ2v) is 4.07. The van der Waals surface area contributed by atoms with Crippen molar-refractivity contribution < 1.29 is 9.59 Å². The molecule has 1 saturated heterocycles. The zero-order chi connectivity index (χ0) is 11.4. The summed E-state index contributed by atoms with van der Waals surface area (Å²) in [6.45, 7) is 3.40. The first-order valence-corrected chi connectivity index (χ1v) is 5.30. The third-order valence-electron chi connectivity index (χ3n) is 2.60. The van der Waals surface area contributed by atoms with Crippen LogP contribution in [0.2, 0.25) is 0 Å². The Morgan fingerprint density at radius 1 is 1.40 bits per heavy atom. The van der Waals surface area contributed by atoms with Gasteiger partial charge in [-0.3, -0.25) is 9.59 Å². The van der Waals surface area contributed by atoms with E-state index >= 15 is 0 Å². The molecule has 0 saturated carbocycles. The number of hydrogen-bond acceptors (Lipinski definition) is 3. The van der Waals surface area contributed by atoms with Gasteiger partial charge in [-0.25, -0.2) is 0 Å². The highest BCUT2D eigenvalue weighted by Crippen LogP contribution is 2.07. The molecule has 5 heteroatoms. The standard InChI is InChI=1S/C10H19N3O2/c1-8(11)10(15)12(2)7-9(14)13-5-3-4-6-13/h8H,3-7,11H2,1-2H3/t8-/m1/s1. The van der Waals surface area contributed by atoms with Gasteiger partial charge < -0.3 is 15.5 Å². The number of amides is 2. The summed E-state index contributed by atoms with van der Waals surface area (Å²) in [6.07, 6.45) is 2.13. The van der Waals surface area contributed by atoms with Crippen molar-refractivity contribution >= 4 is 11.8 Å². The van der Waals surface area contributed by atoms with Crippen LogP contribution in [-0.2, 0) is 9.59 Å². The average molecular weight is 213 g/mol. The predicted molar refractivity (Wildman–Crippen MR) is 57.1 cm³/mol.